The molecular formula is C21H21N5O. The van der Waals surface area contributed by atoms with Gasteiger partial charge in [0.15, 0.2) is 17.2 Å². The second kappa shape index (κ2) is 5.67. The average Bonchev–Trinajstić information content (AvgIpc) is 3.19. The first-order valence-electron chi connectivity index (χ1n) is 9.50. The number of aromatic nitrogens is 3. The Bertz CT molecular complexity index is 1230. The highest BCUT2D eigenvalue weighted by molar-refractivity contribution is 6.09. The monoisotopic (exact) mass is 360 g/mol. The number of benzene rings is 1. The van der Waals surface area contributed by atoms with Crippen molar-refractivity contribution in [2.24, 2.45) is 0 Å². The van der Waals surface area contributed by atoms with E-state index in [0.29, 0.717) is 18.2 Å². The van der Waals surface area contributed by atoms with Crippen LogP contribution in [-0.2, 0) is 0 Å². The molecular weight excluding hydrogens is 338 g/mol. The molecule has 6 heteroatoms. The van der Waals surface area contributed by atoms with Gasteiger partial charge in [-0.1, -0.05) is 12.1 Å². The first-order valence-corrected chi connectivity index (χ1v) is 9.00. The van der Waals surface area contributed by atoms with Crippen LogP contribution in [0.2, 0.25) is 0 Å². The molecule has 1 aliphatic rings. The highest BCUT2D eigenvalue weighted by atomic mass is 16.3. The van der Waals surface area contributed by atoms with Crippen molar-refractivity contribution in [3.8, 4) is 0 Å². The number of hydrogen-bond acceptors (Lipinski definition) is 6. The fourth-order valence-corrected chi connectivity index (χ4v) is 3.74. The summed E-state index contributed by atoms with van der Waals surface area (Å²) in [6.45, 7) is 8.22. The molecule has 27 heavy (non-hydrogen) atoms. The van der Waals surface area contributed by atoms with Crippen LogP contribution in [0.1, 0.15) is 26.5 Å². The number of nitrogens with zero attached hydrogens (tertiary/aromatic N) is 5. The molecule has 1 aliphatic heterocycles. The van der Waals surface area contributed by atoms with E-state index in [1.165, 1.54) is 0 Å². The Kier molecular flexibility index (Phi) is 3.14. The number of anilines is 3. The third-order valence-corrected chi connectivity index (χ3v) is 5.09. The third-order valence-electron chi connectivity index (χ3n) is 5.09. The van der Waals surface area contributed by atoms with Gasteiger partial charge in [0.25, 0.3) is 0 Å². The summed E-state index contributed by atoms with van der Waals surface area (Å²) in [6.07, 6.45) is 3.35. The van der Waals surface area contributed by atoms with E-state index in [4.69, 9.17) is 5.79 Å². The highest BCUT2D eigenvalue weighted by Gasteiger charge is 2.33. The van der Waals surface area contributed by atoms with Crippen molar-refractivity contribution in [3.63, 3.8) is 0 Å². The van der Waals surface area contributed by atoms with Crippen molar-refractivity contribution in [3.05, 3.63) is 47.9 Å². The lowest BCUT2D eigenvalue weighted by Crippen LogP contribution is -2.34. The van der Waals surface area contributed by atoms with Crippen LogP contribution in [0.4, 0.5) is 17.3 Å². The Hall–Kier alpha value is -3.15. The van der Waals surface area contributed by atoms with Crippen LogP contribution in [0.15, 0.2) is 41.1 Å². The average molecular weight is 360 g/mol. The van der Waals surface area contributed by atoms with E-state index < -0.39 is 6.02 Å². The van der Waals surface area contributed by atoms with Gasteiger partial charge in [0.1, 0.15) is 0 Å². The molecule has 0 unspecified atom stereocenters. The minimum absolute atomic E-state index is 0.485. The van der Waals surface area contributed by atoms with E-state index in [-0.39, 0.29) is 0 Å². The zero-order valence-electron chi connectivity index (χ0n) is 16.8. The van der Waals surface area contributed by atoms with E-state index in [0.717, 1.165) is 39.1 Å². The maximum atomic E-state index is 8.54. The Balaban J connectivity index is 1.78. The SMILES string of the molecule is [2H]C(C)(C)N1CN(c2c(C)ccc3c2oc2nc(C)ccc23)c2nccnc21. The number of hydrogen-bond donors (Lipinski definition) is 0. The van der Waals surface area contributed by atoms with Gasteiger partial charge in [0, 0.05) is 34.9 Å². The van der Waals surface area contributed by atoms with E-state index in [2.05, 4.69) is 45.0 Å². The van der Waals surface area contributed by atoms with Crippen LogP contribution < -0.4 is 9.80 Å². The molecule has 0 saturated heterocycles. The van der Waals surface area contributed by atoms with Gasteiger partial charge < -0.3 is 14.2 Å². The van der Waals surface area contributed by atoms with E-state index in [1.807, 2.05) is 31.7 Å². The molecule has 1 aromatic carbocycles. The van der Waals surface area contributed by atoms with Crippen LogP contribution in [0.3, 0.4) is 0 Å². The molecule has 0 bridgehead atoms. The standard InChI is InChI=1S/C21H21N5O/c1-12(2)25-11-26(20-19(25)22-9-10-23-20)17-13(3)5-7-15-16-8-6-14(4)24-21(16)27-18(15)17/h5-10,12H,11H2,1-4H3/i12D. The van der Waals surface area contributed by atoms with Crippen LogP contribution >= 0.6 is 0 Å². The molecule has 4 heterocycles. The molecule has 4 aromatic rings. The zero-order chi connectivity index (χ0) is 19.6. The fraction of sp³-hybridized carbons (Fsp3) is 0.286. The molecule has 0 amide bonds. The molecule has 0 N–H and O–H groups in total. The van der Waals surface area contributed by atoms with Crippen molar-refractivity contribution in [1.82, 2.24) is 15.0 Å². The summed E-state index contributed by atoms with van der Waals surface area (Å²) in [5.74, 6) is 1.45. The van der Waals surface area contributed by atoms with Gasteiger partial charge in [-0.2, -0.15) is 0 Å². The lowest BCUT2D eigenvalue weighted by molar-refractivity contribution is 0.649. The zero-order valence-corrected chi connectivity index (χ0v) is 15.8. The van der Waals surface area contributed by atoms with E-state index in [9.17, 15) is 0 Å². The first-order chi connectivity index (χ1) is 13.3. The molecule has 3 aromatic heterocycles. The Morgan fingerprint density at radius 3 is 2.56 bits per heavy atom. The lowest BCUT2D eigenvalue weighted by Gasteiger charge is -2.24. The van der Waals surface area contributed by atoms with Crippen LogP contribution in [-0.4, -0.2) is 27.6 Å². The smallest absolute Gasteiger partial charge is 0.227 e. The third kappa shape index (κ3) is 2.29. The quantitative estimate of drug-likeness (QED) is 0.516. The number of furan rings is 1. The molecule has 136 valence electrons. The minimum Gasteiger partial charge on any atom is -0.435 e. The Morgan fingerprint density at radius 1 is 1.04 bits per heavy atom. The topological polar surface area (TPSA) is 58.3 Å². The summed E-state index contributed by atoms with van der Waals surface area (Å²) in [7, 11) is 0. The summed E-state index contributed by atoms with van der Waals surface area (Å²) in [4.78, 5) is 17.7. The first kappa shape index (κ1) is 15.0. The van der Waals surface area contributed by atoms with Crippen molar-refractivity contribution in [2.75, 3.05) is 16.5 Å². The largest absolute Gasteiger partial charge is 0.435 e. The van der Waals surface area contributed by atoms with Crippen molar-refractivity contribution < 1.29 is 5.79 Å². The van der Waals surface area contributed by atoms with Crippen LogP contribution in [0.5, 0.6) is 0 Å². The minimum atomic E-state index is -0.826. The maximum Gasteiger partial charge on any atom is 0.227 e. The van der Waals surface area contributed by atoms with Gasteiger partial charge >= 0.3 is 0 Å². The molecule has 0 radical (unpaired) electrons. The molecule has 0 saturated carbocycles. The van der Waals surface area contributed by atoms with Gasteiger partial charge in [-0.05, 0) is 45.4 Å². The van der Waals surface area contributed by atoms with E-state index in [1.54, 1.807) is 12.4 Å². The molecule has 0 fully saturated rings. The number of fused-ring (bicyclic) bond motifs is 4. The Labute approximate surface area is 158 Å². The van der Waals surface area contributed by atoms with Crippen molar-refractivity contribution in [2.45, 2.75) is 33.7 Å². The van der Waals surface area contributed by atoms with E-state index >= 15 is 0 Å². The summed E-state index contributed by atoms with van der Waals surface area (Å²) in [6, 6.07) is 7.40. The van der Waals surface area contributed by atoms with Crippen molar-refractivity contribution in [1.29, 1.82) is 0 Å². The maximum absolute atomic E-state index is 8.54. The second-order valence-electron chi connectivity index (χ2n) is 7.16. The Morgan fingerprint density at radius 2 is 1.78 bits per heavy atom. The second-order valence-corrected chi connectivity index (χ2v) is 7.16. The normalized spacial score (nSPS) is 14.9. The molecule has 0 spiro atoms. The lowest BCUT2D eigenvalue weighted by atomic mass is 10.1. The summed E-state index contributed by atoms with van der Waals surface area (Å²) in [5.41, 5.74) is 4.36. The molecule has 6 nitrogen and oxygen atoms in total. The van der Waals surface area contributed by atoms with Gasteiger partial charge in [0.2, 0.25) is 5.71 Å². The number of aryl methyl sites for hydroxylation is 2. The van der Waals surface area contributed by atoms with Crippen LogP contribution in [0, 0.1) is 13.8 Å². The van der Waals surface area contributed by atoms with Gasteiger partial charge in [0.05, 0.1) is 13.7 Å². The van der Waals surface area contributed by atoms with Gasteiger partial charge in [-0.3, -0.25) is 0 Å². The predicted molar refractivity (Wildman–Crippen MR) is 108 cm³/mol. The summed E-state index contributed by atoms with van der Waals surface area (Å²) in [5, 5.41) is 2.02. The van der Waals surface area contributed by atoms with Crippen LogP contribution in [0.25, 0.3) is 22.1 Å². The number of pyridine rings is 1. The summed E-state index contributed by atoms with van der Waals surface area (Å²) < 4.78 is 14.8. The molecule has 0 atom stereocenters. The van der Waals surface area contributed by atoms with Gasteiger partial charge in [-0.15, -0.1) is 0 Å². The van der Waals surface area contributed by atoms with Gasteiger partial charge in [-0.25, -0.2) is 15.0 Å². The molecule has 5 rings (SSSR count). The highest BCUT2D eigenvalue weighted by Crippen LogP contribution is 2.44. The predicted octanol–water partition coefficient (Wildman–Crippen LogP) is 4.71. The number of rotatable bonds is 2. The molecule has 0 aliphatic carbocycles. The van der Waals surface area contributed by atoms with Crippen molar-refractivity contribution >= 4 is 39.4 Å². The summed E-state index contributed by atoms with van der Waals surface area (Å²) >= 11 is 0. The fourth-order valence-electron chi connectivity index (χ4n) is 3.74.